The lowest BCUT2D eigenvalue weighted by Gasteiger charge is -2.16. The molecule has 0 saturated heterocycles. The molecule has 1 aromatic heterocycles. The van der Waals surface area contributed by atoms with E-state index in [-0.39, 0.29) is 16.5 Å². The molecule has 0 spiro atoms. The van der Waals surface area contributed by atoms with E-state index >= 15 is 0 Å². The zero-order valence-electron chi connectivity index (χ0n) is 8.41. The first-order valence-corrected chi connectivity index (χ1v) is 4.50. The van der Waals surface area contributed by atoms with Gasteiger partial charge in [0.25, 0.3) is 0 Å². The van der Waals surface area contributed by atoms with Crippen LogP contribution < -0.4 is 5.49 Å². The van der Waals surface area contributed by atoms with Crippen molar-refractivity contribution in [3.8, 4) is 0 Å². The van der Waals surface area contributed by atoms with Crippen molar-refractivity contribution in [1.29, 1.82) is 10.8 Å². The quantitative estimate of drug-likeness (QED) is 0.538. The minimum Gasteiger partial charge on any atom is -0.281 e. The van der Waals surface area contributed by atoms with Gasteiger partial charge in [0.15, 0.2) is 10.6 Å². The summed E-state index contributed by atoms with van der Waals surface area (Å²) < 4.78 is 37.5. The monoisotopic (exact) mass is 252 g/mol. The van der Waals surface area contributed by atoms with Gasteiger partial charge < -0.3 is 0 Å². The number of nitrogens with zero attached hydrogens (tertiary/aromatic N) is 2. The van der Waals surface area contributed by atoms with Gasteiger partial charge in [-0.3, -0.25) is 15.4 Å². The normalized spacial score (nSPS) is 11.6. The van der Waals surface area contributed by atoms with E-state index in [2.05, 4.69) is 4.98 Å². The number of nitrogens with one attached hydrogen (secondary N) is 2. The van der Waals surface area contributed by atoms with Crippen LogP contribution in [0.5, 0.6) is 0 Å². The van der Waals surface area contributed by atoms with E-state index in [0.717, 1.165) is 0 Å². The molecular formula is C8H8ClF3N4. The average molecular weight is 253 g/mol. The van der Waals surface area contributed by atoms with Crippen LogP contribution in [-0.4, -0.2) is 21.6 Å². The molecule has 0 aromatic carbocycles. The first-order chi connectivity index (χ1) is 7.16. The number of halogens is 4. The van der Waals surface area contributed by atoms with Gasteiger partial charge in [0.1, 0.15) is 0 Å². The fourth-order valence-electron chi connectivity index (χ4n) is 1.11. The first-order valence-electron chi connectivity index (χ1n) is 4.12. The topological polar surface area (TPSA) is 65.5 Å². The van der Waals surface area contributed by atoms with Gasteiger partial charge in [0.2, 0.25) is 5.84 Å². The van der Waals surface area contributed by atoms with Crippen LogP contribution in [0.1, 0.15) is 11.4 Å². The van der Waals surface area contributed by atoms with Crippen LogP contribution in [0.25, 0.3) is 0 Å². The largest absolute Gasteiger partial charge is 0.449 e. The summed E-state index contributed by atoms with van der Waals surface area (Å²) in [4.78, 5) is 3.69. The summed E-state index contributed by atoms with van der Waals surface area (Å²) >= 11 is 5.50. The lowest BCUT2D eigenvalue weighted by Crippen LogP contribution is -2.39. The third kappa shape index (κ3) is 2.08. The van der Waals surface area contributed by atoms with Gasteiger partial charge in [0.05, 0.1) is 5.69 Å². The summed E-state index contributed by atoms with van der Waals surface area (Å²) in [6, 6.07) is 0. The summed E-state index contributed by atoms with van der Waals surface area (Å²) in [7, 11) is 0. The second-order valence-corrected chi connectivity index (χ2v) is 3.46. The van der Waals surface area contributed by atoms with Crippen molar-refractivity contribution in [2.24, 2.45) is 0 Å². The molecule has 0 radical (unpaired) electrons. The third-order valence-corrected chi connectivity index (χ3v) is 2.30. The second-order valence-electron chi connectivity index (χ2n) is 3.10. The van der Waals surface area contributed by atoms with Crippen molar-refractivity contribution < 1.29 is 13.2 Å². The van der Waals surface area contributed by atoms with Crippen LogP contribution in [0.3, 0.4) is 0 Å². The molecule has 0 saturated carbocycles. The number of alkyl halides is 3. The minimum absolute atomic E-state index is 0.0664. The number of hydrogen-bond acceptors (Lipinski definition) is 3. The van der Waals surface area contributed by atoms with Crippen molar-refractivity contribution in [2.75, 3.05) is 0 Å². The third-order valence-electron chi connectivity index (χ3n) is 2.04. The Kier molecular flexibility index (Phi) is 3.09. The molecule has 0 bridgehead atoms. The summed E-state index contributed by atoms with van der Waals surface area (Å²) in [5.41, 5.74) is -0.334. The maximum atomic E-state index is 12.4. The highest BCUT2D eigenvalue weighted by Gasteiger charge is 2.37. The zero-order valence-corrected chi connectivity index (χ0v) is 9.16. The summed E-state index contributed by atoms with van der Waals surface area (Å²) in [6.07, 6.45) is -4.83. The van der Waals surface area contributed by atoms with Gasteiger partial charge >= 0.3 is 6.18 Å². The van der Waals surface area contributed by atoms with Crippen LogP contribution >= 0.6 is 11.6 Å². The van der Waals surface area contributed by atoms with Gasteiger partial charge in [-0.2, -0.15) is 13.2 Å². The number of aromatic nitrogens is 2. The van der Waals surface area contributed by atoms with E-state index in [1.807, 2.05) is 0 Å². The molecule has 16 heavy (non-hydrogen) atoms. The van der Waals surface area contributed by atoms with Crippen molar-refractivity contribution >= 4 is 17.4 Å². The highest BCUT2D eigenvalue weighted by atomic mass is 35.5. The van der Waals surface area contributed by atoms with E-state index in [1.165, 1.54) is 13.8 Å². The molecule has 0 aliphatic rings. The van der Waals surface area contributed by atoms with E-state index in [1.54, 1.807) is 0 Å². The van der Waals surface area contributed by atoms with Crippen molar-refractivity contribution in [1.82, 2.24) is 9.55 Å². The second kappa shape index (κ2) is 3.89. The van der Waals surface area contributed by atoms with Gasteiger partial charge in [-0.1, -0.05) is 11.6 Å². The fraction of sp³-hybridized carbons (Fsp3) is 0.375. The van der Waals surface area contributed by atoms with E-state index in [9.17, 15) is 13.2 Å². The molecule has 2 N–H and O–H groups in total. The van der Waals surface area contributed by atoms with Gasteiger partial charge in [-0.15, -0.1) is 0 Å². The lowest BCUT2D eigenvalue weighted by atomic mass is 10.3. The first kappa shape index (κ1) is 12.7. The Hall–Kier alpha value is -1.37. The Morgan fingerprint density at radius 1 is 1.38 bits per heavy atom. The Labute approximate surface area is 93.7 Å². The van der Waals surface area contributed by atoms with Gasteiger partial charge in [0, 0.05) is 5.69 Å². The predicted octanol–water partition coefficient (Wildman–Crippen LogP) is 2.02. The fourth-order valence-corrected chi connectivity index (χ4v) is 1.32. The van der Waals surface area contributed by atoms with Crippen molar-refractivity contribution in [3.05, 3.63) is 22.0 Å². The highest BCUT2D eigenvalue weighted by Crippen LogP contribution is 2.18. The summed E-state index contributed by atoms with van der Waals surface area (Å²) in [6.45, 7) is 2.80. The van der Waals surface area contributed by atoms with Gasteiger partial charge in [-0.25, -0.2) is 4.98 Å². The maximum absolute atomic E-state index is 12.4. The Morgan fingerprint density at radius 3 is 2.31 bits per heavy atom. The average Bonchev–Trinajstić information content (AvgIpc) is 2.13. The molecular weight excluding hydrogens is 245 g/mol. The van der Waals surface area contributed by atoms with E-state index < -0.39 is 17.5 Å². The zero-order chi connectivity index (χ0) is 12.7. The van der Waals surface area contributed by atoms with Crippen LogP contribution in [0.15, 0.2) is 0 Å². The van der Waals surface area contributed by atoms with Crippen LogP contribution in [0.2, 0.25) is 5.15 Å². The molecule has 0 unspecified atom stereocenters. The molecule has 4 nitrogen and oxygen atoms in total. The molecule has 0 amide bonds. The number of rotatable bonds is 0. The standard InChI is InChI=1S/C8H8ClF3N4/c1-3-4(2)16(6(13)5(9)15-3)7(14)8(10,11)12/h13-14H,1-2H3. The molecule has 0 atom stereocenters. The van der Waals surface area contributed by atoms with Gasteiger partial charge in [-0.05, 0) is 13.8 Å². The highest BCUT2D eigenvalue weighted by molar-refractivity contribution is 6.29. The molecule has 0 fully saturated rings. The molecule has 88 valence electrons. The van der Waals surface area contributed by atoms with Crippen LogP contribution in [0, 0.1) is 24.7 Å². The van der Waals surface area contributed by atoms with E-state index in [4.69, 9.17) is 22.4 Å². The lowest BCUT2D eigenvalue weighted by molar-refractivity contribution is -0.0627. The Balaban J connectivity index is 3.57. The predicted molar refractivity (Wildman–Crippen MR) is 51.7 cm³/mol. The molecule has 8 heteroatoms. The maximum Gasteiger partial charge on any atom is 0.449 e. The SMILES string of the molecule is Cc1nc(Cl)c(=N)n(C(=N)C(F)(F)F)c1C. The summed E-state index contributed by atoms with van der Waals surface area (Å²) in [5, 5.41) is 14.0. The molecule has 1 aromatic rings. The van der Waals surface area contributed by atoms with Crippen molar-refractivity contribution in [2.45, 2.75) is 20.0 Å². The van der Waals surface area contributed by atoms with Crippen molar-refractivity contribution in [3.63, 3.8) is 0 Å². The van der Waals surface area contributed by atoms with Crippen LogP contribution in [-0.2, 0) is 0 Å². The van der Waals surface area contributed by atoms with Crippen LogP contribution in [0.4, 0.5) is 13.2 Å². The molecule has 1 heterocycles. The summed E-state index contributed by atoms with van der Waals surface area (Å²) in [5.74, 6) is -1.65. The number of aryl methyl sites for hydroxylation is 1. The minimum atomic E-state index is -4.83. The smallest absolute Gasteiger partial charge is 0.281 e. The molecule has 0 aliphatic carbocycles. The molecule has 1 rings (SSSR count). The Bertz CT molecular complexity index is 503. The Morgan fingerprint density at radius 2 is 1.88 bits per heavy atom. The van der Waals surface area contributed by atoms with E-state index in [0.29, 0.717) is 4.57 Å². The molecule has 0 aliphatic heterocycles. The number of hydrogen-bond donors (Lipinski definition) is 2.